The number of nitrogens with two attached hydrogens (primary N) is 1. The van der Waals surface area contributed by atoms with Crippen molar-refractivity contribution in [1.82, 2.24) is 20.1 Å². The molecule has 0 radical (unpaired) electrons. The van der Waals surface area contributed by atoms with Gasteiger partial charge in [-0.3, -0.25) is 9.78 Å². The normalized spacial score (nSPS) is 13.6. The van der Waals surface area contributed by atoms with Gasteiger partial charge in [-0.2, -0.15) is 5.10 Å². The summed E-state index contributed by atoms with van der Waals surface area (Å²) in [6.45, 7) is 2.03. The molecule has 3 aromatic rings. The lowest BCUT2D eigenvalue weighted by molar-refractivity contribution is 0.0951. The lowest BCUT2D eigenvalue weighted by Crippen LogP contribution is -2.25. The van der Waals surface area contributed by atoms with Crippen molar-refractivity contribution in [2.75, 3.05) is 5.73 Å². The number of carbonyl (C=O) groups is 1. The number of nitrogen functional groups attached to an aromatic ring is 1. The number of anilines is 1. The molecule has 1 aliphatic rings. The third-order valence-corrected chi connectivity index (χ3v) is 4.32. The summed E-state index contributed by atoms with van der Waals surface area (Å²) < 4.78 is 1.73. The number of aryl methyl sites for hydroxylation is 1. The molecule has 0 aliphatic heterocycles. The molecule has 126 valence electrons. The van der Waals surface area contributed by atoms with Gasteiger partial charge in [0.05, 0.1) is 23.8 Å². The Labute approximate surface area is 145 Å². The summed E-state index contributed by atoms with van der Waals surface area (Å²) in [6.07, 6.45) is 9.16. The van der Waals surface area contributed by atoms with Crippen LogP contribution in [0.5, 0.6) is 0 Å². The van der Waals surface area contributed by atoms with Crippen LogP contribution >= 0.6 is 0 Å². The van der Waals surface area contributed by atoms with E-state index in [4.69, 9.17) is 5.73 Å². The Bertz CT molecular complexity index is 942. The maximum Gasteiger partial charge on any atom is 0.251 e. The molecular weight excluding hydrogens is 314 g/mol. The molecule has 1 fully saturated rings. The first kappa shape index (κ1) is 15.4. The highest BCUT2D eigenvalue weighted by Crippen LogP contribution is 2.26. The lowest BCUT2D eigenvalue weighted by Gasteiger charge is -2.08. The van der Waals surface area contributed by atoms with Crippen LogP contribution in [-0.2, 0) is 0 Å². The molecule has 2 aromatic heterocycles. The zero-order chi connectivity index (χ0) is 17.4. The summed E-state index contributed by atoms with van der Waals surface area (Å²) in [6, 6.07) is 7.91. The van der Waals surface area contributed by atoms with E-state index in [2.05, 4.69) is 15.4 Å². The molecule has 25 heavy (non-hydrogen) atoms. The number of carbonyl (C=O) groups excluding carboxylic acids is 1. The third-order valence-electron chi connectivity index (χ3n) is 4.32. The average molecular weight is 333 g/mol. The number of nitrogens with zero attached hydrogens (tertiary/aromatic N) is 3. The van der Waals surface area contributed by atoms with Crippen LogP contribution in [0.25, 0.3) is 16.8 Å². The molecule has 3 N–H and O–H groups in total. The first-order valence-corrected chi connectivity index (χ1v) is 8.27. The molecule has 1 saturated carbocycles. The van der Waals surface area contributed by atoms with Gasteiger partial charge in [0, 0.05) is 29.6 Å². The molecule has 6 heteroatoms. The molecule has 0 spiro atoms. The van der Waals surface area contributed by atoms with E-state index in [1.165, 1.54) is 0 Å². The number of pyridine rings is 1. The Morgan fingerprint density at radius 1 is 1.24 bits per heavy atom. The van der Waals surface area contributed by atoms with Gasteiger partial charge < -0.3 is 11.1 Å². The summed E-state index contributed by atoms with van der Waals surface area (Å²) in [5.41, 5.74) is 10.9. The molecule has 2 heterocycles. The van der Waals surface area contributed by atoms with Gasteiger partial charge in [0.1, 0.15) is 0 Å². The quantitative estimate of drug-likeness (QED) is 0.769. The number of nitrogens with one attached hydrogen (secondary N) is 1. The van der Waals surface area contributed by atoms with E-state index < -0.39 is 0 Å². The zero-order valence-electron chi connectivity index (χ0n) is 13.9. The predicted octanol–water partition coefficient (Wildman–Crippen LogP) is 2.72. The Morgan fingerprint density at radius 2 is 2.08 bits per heavy atom. The smallest absolute Gasteiger partial charge is 0.251 e. The third kappa shape index (κ3) is 3.24. The number of aromatic nitrogens is 3. The van der Waals surface area contributed by atoms with E-state index in [-0.39, 0.29) is 5.91 Å². The average Bonchev–Trinajstić information content (AvgIpc) is 3.28. The van der Waals surface area contributed by atoms with Crippen molar-refractivity contribution in [2.45, 2.75) is 25.8 Å². The second-order valence-corrected chi connectivity index (χ2v) is 6.43. The zero-order valence-corrected chi connectivity index (χ0v) is 13.9. The van der Waals surface area contributed by atoms with E-state index in [0.29, 0.717) is 17.3 Å². The first-order valence-electron chi connectivity index (χ1n) is 8.27. The molecule has 4 rings (SSSR count). The lowest BCUT2D eigenvalue weighted by atomic mass is 10.0. The molecule has 1 aromatic carbocycles. The SMILES string of the molecule is Cc1ccc(C(=O)NC2CC2)cc1-c1cnn(-c2cncc(N)c2)c1. The van der Waals surface area contributed by atoms with Gasteiger partial charge in [-0.1, -0.05) is 6.07 Å². The van der Waals surface area contributed by atoms with E-state index in [1.54, 1.807) is 23.3 Å². The maximum atomic E-state index is 12.3. The number of hydrogen-bond acceptors (Lipinski definition) is 4. The van der Waals surface area contributed by atoms with Crippen molar-refractivity contribution < 1.29 is 4.79 Å². The molecule has 0 bridgehead atoms. The van der Waals surface area contributed by atoms with E-state index in [1.807, 2.05) is 37.4 Å². The van der Waals surface area contributed by atoms with Gasteiger partial charge >= 0.3 is 0 Å². The number of benzene rings is 1. The first-order chi connectivity index (χ1) is 12.1. The predicted molar refractivity (Wildman–Crippen MR) is 96.4 cm³/mol. The summed E-state index contributed by atoms with van der Waals surface area (Å²) in [5, 5.41) is 7.42. The molecule has 0 saturated heterocycles. The fourth-order valence-corrected chi connectivity index (χ4v) is 2.74. The Kier molecular flexibility index (Phi) is 3.72. The van der Waals surface area contributed by atoms with Gasteiger partial charge in [-0.25, -0.2) is 4.68 Å². The van der Waals surface area contributed by atoms with Crippen molar-refractivity contribution in [3.05, 3.63) is 60.2 Å². The fraction of sp³-hybridized carbons (Fsp3) is 0.211. The van der Waals surface area contributed by atoms with Crippen molar-refractivity contribution in [3.63, 3.8) is 0 Å². The van der Waals surface area contributed by atoms with Crippen molar-refractivity contribution in [1.29, 1.82) is 0 Å². The Morgan fingerprint density at radius 3 is 2.84 bits per heavy atom. The second kappa shape index (κ2) is 6.05. The topological polar surface area (TPSA) is 85.8 Å². The second-order valence-electron chi connectivity index (χ2n) is 6.43. The minimum atomic E-state index is -0.0174. The van der Waals surface area contributed by atoms with Crippen LogP contribution in [0.15, 0.2) is 49.1 Å². The van der Waals surface area contributed by atoms with E-state index >= 15 is 0 Å². The molecule has 0 atom stereocenters. The largest absolute Gasteiger partial charge is 0.397 e. The van der Waals surface area contributed by atoms with Gasteiger partial charge in [-0.05, 0) is 49.1 Å². The van der Waals surface area contributed by atoms with E-state index in [0.717, 1.165) is 35.2 Å². The maximum absolute atomic E-state index is 12.3. The van der Waals surface area contributed by atoms with Gasteiger partial charge in [0.25, 0.3) is 5.91 Å². The Hall–Kier alpha value is -3.15. The van der Waals surface area contributed by atoms with Gasteiger partial charge in [0.15, 0.2) is 0 Å². The number of amides is 1. The number of rotatable bonds is 4. The molecular formula is C19H19N5O. The van der Waals surface area contributed by atoms with E-state index in [9.17, 15) is 4.79 Å². The minimum Gasteiger partial charge on any atom is -0.397 e. The Balaban J connectivity index is 1.66. The van der Waals surface area contributed by atoms with Gasteiger partial charge in [0.2, 0.25) is 0 Å². The van der Waals surface area contributed by atoms with Crippen LogP contribution in [0.1, 0.15) is 28.8 Å². The highest BCUT2D eigenvalue weighted by Gasteiger charge is 2.24. The fourth-order valence-electron chi connectivity index (χ4n) is 2.74. The van der Waals surface area contributed by atoms with Crippen molar-refractivity contribution >= 4 is 11.6 Å². The van der Waals surface area contributed by atoms with Crippen LogP contribution in [0.3, 0.4) is 0 Å². The van der Waals surface area contributed by atoms with Crippen LogP contribution in [0, 0.1) is 6.92 Å². The van der Waals surface area contributed by atoms with Crippen LogP contribution in [0.4, 0.5) is 5.69 Å². The standard InChI is InChI=1S/C19H19N5O/c1-12-2-3-13(19(25)23-16-4-5-16)6-18(12)14-8-22-24(11-14)17-7-15(20)9-21-10-17/h2-3,6-11,16H,4-5,20H2,1H3,(H,23,25). The summed E-state index contributed by atoms with van der Waals surface area (Å²) >= 11 is 0. The molecule has 1 aliphatic carbocycles. The summed E-state index contributed by atoms with van der Waals surface area (Å²) in [5.74, 6) is -0.0174. The monoisotopic (exact) mass is 333 g/mol. The summed E-state index contributed by atoms with van der Waals surface area (Å²) in [4.78, 5) is 16.4. The highest BCUT2D eigenvalue weighted by atomic mass is 16.1. The van der Waals surface area contributed by atoms with Crippen molar-refractivity contribution in [3.8, 4) is 16.8 Å². The van der Waals surface area contributed by atoms with Crippen LogP contribution < -0.4 is 11.1 Å². The highest BCUT2D eigenvalue weighted by molar-refractivity contribution is 5.96. The van der Waals surface area contributed by atoms with Crippen LogP contribution in [0.2, 0.25) is 0 Å². The summed E-state index contributed by atoms with van der Waals surface area (Å²) in [7, 11) is 0. The minimum absolute atomic E-state index is 0.0174. The molecule has 1 amide bonds. The molecule has 6 nitrogen and oxygen atoms in total. The van der Waals surface area contributed by atoms with Gasteiger partial charge in [-0.15, -0.1) is 0 Å². The van der Waals surface area contributed by atoms with Crippen LogP contribution in [-0.4, -0.2) is 26.7 Å². The molecule has 0 unspecified atom stereocenters. The van der Waals surface area contributed by atoms with Crippen molar-refractivity contribution in [2.24, 2.45) is 0 Å². The number of hydrogen-bond donors (Lipinski definition) is 2.